The maximum Gasteiger partial charge on any atom is 0.249 e. The highest BCUT2D eigenvalue weighted by molar-refractivity contribution is 7.18. The van der Waals surface area contributed by atoms with Crippen LogP contribution in [0.2, 0.25) is 0 Å². The Balaban J connectivity index is 0.753. The average molecular weight is 1170 g/mol. The van der Waals surface area contributed by atoms with Gasteiger partial charge in [-0.2, -0.15) is 0 Å². The molecule has 5 heterocycles. The molecule has 4 aliphatic rings. The van der Waals surface area contributed by atoms with Crippen molar-refractivity contribution in [2.45, 2.75) is 10.8 Å². The number of nitrogens with zero attached hydrogens (tertiary/aromatic N) is 4. The lowest BCUT2D eigenvalue weighted by Gasteiger charge is -2.40. The van der Waals surface area contributed by atoms with Crippen LogP contribution in [-0.2, 0) is 10.8 Å². The van der Waals surface area contributed by atoms with Gasteiger partial charge in [0, 0.05) is 49.4 Å². The number of para-hydroxylation sites is 4. The molecule has 15 aromatic rings. The van der Waals surface area contributed by atoms with Gasteiger partial charge in [0.15, 0.2) is 0 Å². The van der Waals surface area contributed by atoms with E-state index in [-0.39, 0.29) is 0 Å². The van der Waals surface area contributed by atoms with Crippen LogP contribution >= 0.6 is 11.3 Å². The van der Waals surface area contributed by atoms with E-state index in [1.165, 1.54) is 44.5 Å². The lowest BCUT2D eigenvalue weighted by atomic mass is 9.65. The molecule has 0 N–H and O–H groups in total. The van der Waals surface area contributed by atoms with Gasteiger partial charge in [-0.25, -0.2) is 0 Å². The van der Waals surface area contributed by atoms with Crippen LogP contribution in [0.15, 0.2) is 296 Å². The Kier molecular flexibility index (Phi) is 10.9. The van der Waals surface area contributed by atoms with Gasteiger partial charge in [-0.1, -0.05) is 224 Å². The summed E-state index contributed by atoms with van der Waals surface area (Å²) in [6.07, 6.45) is 0. The molecule has 3 aromatic heterocycles. The first-order valence-electron chi connectivity index (χ1n) is 30.3. The molecule has 2 aliphatic heterocycles. The fraction of sp³-hybridized carbons (Fsp3) is 0.0244. The van der Waals surface area contributed by atoms with Crippen LogP contribution in [0.1, 0.15) is 44.5 Å². The van der Waals surface area contributed by atoms with E-state index < -0.39 is 10.8 Å². The fourth-order valence-electron chi connectivity index (χ4n) is 15.2. The fourth-order valence-corrected chi connectivity index (χ4v) is 16.2. The highest BCUT2D eigenvalue weighted by atomic mass is 32.1. The van der Waals surface area contributed by atoms with Crippen molar-refractivity contribution in [3.05, 3.63) is 336 Å². The van der Waals surface area contributed by atoms with Gasteiger partial charge in [0.25, 0.3) is 0 Å². The van der Waals surface area contributed by atoms with E-state index in [0.717, 1.165) is 122 Å². The van der Waals surface area contributed by atoms with E-state index in [9.17, 15) is 0 Å². The van der Waals surface area contributed by atoms with Gasteiger partial charge in [0.1, 0.15) is 28.7 Å². The Morgan fingerprint density at radius 1 is 0.278 bits per heavy atom. The van der Waals surface area contributed by atoms with Gasteiger partial charge < -0.3 is 13.9 Å². The Labute approximate surface area is 522 Å². The van der Waals surface area contributed by atoms with Crippen LogP contribution in [0, 0.1) is 0 Å². The third-order valence-electron chi connectivity index (χ3n) is 19.0. The molecule has 0 amide bonds. The summed E-state index contributed by atoms with van der Waals surface area (Å²) in [7, 11) is 0. The molecular weight excluding hydrogens is 1120 g/mol. The van der Waals surface area contributed by atoms with Crippen LogP contribution in [0.25, 0.3) is 110 Å². The van der Waals surface area contributed by atoms with Crippen molar-refractivity contribution in [1.29, 1.82) is 0 Å². The predicted molar refractivity (Wildman–Crippen MR) is 358 cm³/mol. The van der Waals surface area contributed by atoms with Gasteiger partial charge in [0.05, 0.1) is 27.0 Å². The van der Waals surface area contributed by atoms with Crippen molar-refractivity contribution < 1.29 is 13.9 Å². The molecule has 0 fully saturated rings. The van der Waals surface area contributed by atoms with E-state index in [1.807, 2.05) is 54.6 Å². The third kappa shape index (κ3) is 7.16. The minimum Gasteiger partial charge on any atom is -0.456 e. The second-order valence-corrected chi connectivity index (χ2v) is 24.6. The van der Waals surface area contributed by atoms with Crippen molar-refractivity contribution >= 4 is 22.1 Å². The summed E-state index contributed by atoms with van der Waals surface area (Å²) in [5.74, 6) is 4.17. The molecule has 0 saturated carbocycles. The van der Waals surface area contributed by atoms with Gasteiger partial charge in [0.2, 0.25) is 11.8 Å². The molecule has 0 bridgehead atoms. The Hall–Kier alpha value is -11.6. The number of fused-ring (bicyclic) bond motifs is 19. The van der Waals surface area contributed by atoms with Crippen molar-refractivity contribution in [3.8, 4) is 123 Å². The first kappa shape index (κ1) is 50.6. The molecule has 0 saturated heterocycles. The second-order valence-electron chi connectivity index (χ2n) is 23.5. The largest absolute Gasteiger partial charge is 0.456 e. The van der Waals surface area contributed by atoms with Crippen LogP contribution < -0.4 is 9.47 Å². The summed E-state index contributed by atoms with van der Waals surface area (Å²) >= 11 is 1.70. The van der Waals surface area contributed by atoms with Crippen molar-refractivity contribution in [1.82, 2.24) is 20.4 Å². The van der Waals surface area contributed by atoms with E-state index in [1.54, 1.807) is 11.3 Å². The molecule has 1 unspecified atom stereocenters. The topological polar surface area (TPSA) is 83.2 Å². The van der Waals surface area contributed by atoms with Crippen LogP contribution in [0.3, 0.4) is 0 Å². The highest BCUT2D eigenvalue weighted by Gasteiger charge is 2.53. The lowest BCUT2D eigenvalue weighted by Crippen LogP contribution is -2.32. The first-order valence-corrected chi connectivity index (χ1v) is 31.1. The van der Waals surface area contributed by atoms with E-state index in [2.05, 4.69) is 242 Å². The molecule has 2 spiro atoms. The average Bonchev–Trinajstić information content (AvgIpc) is 1.51. The zero-order valence-corrected chi connectivity index (χ0v) is 49.0. The molecule has 420 valence electrons. The minimum absolute atomic E-state index is 0.421. The normalized spacial score (nSPS) is 14.8. The molecule has 7 nitrogen and oxygen atoms in total. The predicted octanol–water partition coefficient (Wildman–Crippen LogP) is 20.7. The Morgan fingerprint density at radius 3 is 1.42 bits per heavy atom. The summed E-state index contributed by atoms with van der Waals surface area (Å²) in [5.41, 5.74) is 22.3. The molecule has 0 radical (unpaired) electrons. The first-order chi connectivity index (χ1) is 44.6. The van der Waals surface area contributed by atoms with Crippen LogP contribution in [-0.4, -0.2) is 20.4 Å². The Bertz CT molecular complexity index is 5410. The SMILES string of the molecule is c1ccc(-c2ccc(-c3ccc(-c4cccc5c4Oc4ccccc4C54c5ccccc5-c5cc(-c6ccc7c(-c8nnc(-c9ccccc9)o8)c(-c8cccc9c8Oc8ccccc8C98c9ccccc9-c9ccccc98)ccc7c6)ccc54)s3)nn2)cc1. The zero-order valence-electron chi connectivity index (χ0n) is 48.1. The summed E-state index contributed by atoms with van der Waals surface area (Å²) in [6, 6.07) is 104. The summed E-state index contributed by atoms with van der Waals surface area (Å²) in [4.78, 5) is 2.12. The van der Waals surface area contributed by atoms with E-state index in [0.29, 0.717) is 11.8 Å². The monoisotopic (exact) mass is 1170 g/mol. The second kappa shape index (κ2) is 19.5. The quantitative estimate of drug-likeness (QED) is 0.157. The van der Waals surface area contributed by atoms with E-state index >= 15 is 0 Å². The molecule has 19 rings (SSSR count). The maximum atomic E-state index is 7.26. The van der Waals surface area contributed by atoms with Gasteiger partial charge in [-0.3, -0.25) is 0 Å². The molecule has 12 aromatic carbocycles. The van der Waals surface area contributed by atoms with Crippen molar-refractivity contribution in [3.63, 3.8) is 0 Å². The Morgan fingerprint density at radius 2 is 0.767 bits per heavy atom. The maximum absolute atomic E-state index is 7.26. The lowest BCUT2D eigenvalue weighted by molar-refractivity contribution is 0.438. The van der Waals surface area contributed by atoms with Crippen molar-refractivity contribution in [2.75, 3.05) is 0 Å². The zero-order chi connectivity index (χ0) is 59.1. The van der Waals surface area contributed by atoms with Crippen LogP contribution in [0.4, 0.5) is 0 Å². The number of thiophene rings is 1. The van der Waals surface area contributed by atoms with Gasteiger partial charge in [-0.15, -0.1) is 31.7 Å². The van der Waals surface area contributed by atoms with Crippen molar-refractivity contribution in [2.24, 2.45) is 0 Å². The number of ether oxygens (including phenoxy) is 2. The molecule has 90 heavy (non-hydrogen) atoms. The van der Waals surface area contributed by atoms with E-state index in [4.69, 9.17) is 29.2 Å². The summed E-state index contributed by atoms with van der Waals surface area (Å²) < 4.78 is 21.2. The number of aromatic nitrogens is 4. The van der Waals surface area contributed by atoms with Crippen LogP contribution in [0.5, 0.6) is 23.0 Å². The molecule has 2 aliphatic carbocycles. The molecule has 1 atom stereocenters. The van der Waals surface area contributed by atoms with Gasteiger partial charge >= 0.3 is 0 Å². The molecule has 8 heteroatoms. The van der Waals surface area contributed by atoms with Gasteiger partial charge in [-0.05, 0) is 139 Å². The number of benzene rings is 12. The molecular formula is C82H48N4O3S. The smallest absolute Gasteiger partial charge is 0.249 e. The number of hydrogen-bond acceptors (Lipinski definition) is 8. The number of rotatable bonds is 7. The number of hydrogen-bond donors (Lipinski definition) is 0. The summed E-state index contributed by atoms with van der Waals surface area (Å²) in [6.45, 7) is 0. The summed E-state index contributed by atoms with van der Waals surface area (Å²) in [5, 5.41) is 20.9. The standard InChI is InChI=1S/C82H48N4O3S/c1-3-19-49(20-4-1)70-43-44-71(84-83-70)75-46-45-74(90-75)60-27-18-34-69-78(60)88-73-36-16-14-32-67(73)82(69)64-30-12-9-25-57(64)61-48-52(39-42-65(61)82)51-37-40-54-53(47-51)38-41-58(76(54)80-86-85-79(89-80)50-21-5-2-6-22-50)59-26-17-33-68-77(59)87-72-35-15-13-31-66(72)81(68)62-28-10-7-23-55(62)56-24-8-11-29-63(56)81/h1-48H. The highest BCUT2D eigenvalue weighted by Crippen LogP contribution is 2.66. The minimum atomic E-state index is -0.673. The third-order valence-corrected chi connectivity index (χ3v) is 20.1.